The molecule has 0 atom stereocenters. The molecular formula is C13H20N2O2S. The van der Waals surface area contributed by atoms with E-state index in [1.54, 1.807) is 24.3 Å². The lowest BCUT2D eigenvalue weighted by Gasteiger charge is -2.41. The number of sulfonamides is 1. The molecule has 1 aromatic rings. The van der Waals surface area contributed by atoms with Gasteiger partial charge in [-0.3, -0.25) is 0 Å². The summed E-state index contributed by atoms with van der Waals surface area (Å²) in [6.07, 6.45) is 3.82. The summed E-state index contributed by atoms with van der Waals surface area (Å²) in [4.78, 5) is 0. The summed E-state index contributed by atoms with van der Waals surface area (Å²) >= 11 is 0. The van der Waals surface area contributed by atoms with E-state index in [1.807, 2.05) is 6.92 Å². The van der Waals surface area contributed by atoms with Gasteiger partial charge in [-0.05, 0) is 37.3 Å². The van der Waals surface area contributed by atoms with Crippen LogP contribution in [0.4, 0.5) is 5.69 Å². The molecule has 3 N–H and O–H groups in total. The standard InChI is InChI=1S/C13H20N2O2S/c1-2-13(8-5-9-13)15-18(16,17)10-11-6-3-4-7-12(11)14/h3-4,6-7,15H,2,5,8-10,14H2,1H3. The number of nitrogen functional groups attached to an aromatic ring is 1. The highest BCUT2D eigenvalue weighted by Crippen LogP contribution is 2.35. The SMILES string of the molecule is CCC1(NS(=O)(=O)Cc2ccccc2N)CCC1. The fourth-order valence-corrected chi connectivity index (χ4v) is 4.12. The van der Waals surface area contributed by atoms with Crippen LogP contribution in [0.15, 0.2) is 24.3 Å². The predicted octanol–water partition coefficient (Wildman–Crippen LogP) is 2.02. The minimum absolute atomic E-state index is 0.0403. The Morgan fingerprint density at radius 2 is 2.00 bits per heavy atom. The van der Waals surface area contributed by atoms with Crippen LogP contribution in [0.1, 0.15) is 38.2 Å². The van der Waals surface area contributed by atoms with Crippen LogP contribution in [-0.2, 0) is 15.8 Å². The molecule has 1 fully saturated rings. The first-order valence-corrected chi connectivity index (χ1v) is 7.97. The van der Waals surface area contributed by atoms with Gasteiger partial charge in [0.05, 0.1) is 5.75 Å². The van der Waals surface area contributed by atoms with Crippen molar-refractivity contribution < 1.29 is 8.42 Å². The lowest BCUT2D eigenvalue weighted by atomic mass is 9.76. The summed E-state index contributed by atoms with van der Waals surface area (Å²) in [5.74, 6) is -0.0403. The van der Waals surface area contributed by atoms with Crippen LogP contribution in [0.25, 0.3) is 0 Å². The van der Waals surface area contributed by atoms with Crippen LogP contribution in [-0.4, -0.2) is 14.0 Å². The molecule has 5 heteroatoms. The predicted molar refractivity (Wildman–Crippen MR) is 73.5 cm³/mol. The van der Waals surface area contributed by atoms with E-state index >= 15 is 0 Å². The van der Waals surface area contributed by atoms with Crippen LogP contribution in [0, 0.1) is 0 Å². The molecule has 1 aliphatic carbocycles. The van der Waals surface area contributed by atoms with Gasteiger partial charge in [-0.1, -0.05) is 25.1 Å². The second-order valence-electron chi connectivity index (χ2n) is 5.05. The zero-order valence-corrected chi connectivity index (χ0v) is 11.5. The zero-order valence-electron chi connectivity index (χ0n) is 10.6. The molecule has 18 heavy (non-hydrogen) atoms. The van der Waals surface area contributed by atoms with Crippen LogP contribution < -0.4 is 10.5 Å². The molecule has 1 aliphatic rings. The smallest absolute Gasteiger partial charge is 0.216 e. The van der Waals surface area contributed by atoms with Crippen LogP contribution >= 0.6 is 0 Å². The van der Waals surface area contributed by atoms with Crippen molar-refractivity contribution >= 4 is 15.7 Å². The highest BCUT2D eigenvalue weighted by Gasteiger charge is 2.38. The minimum Gasteiger partial charge on any atom is -0.398 e. The highest BCUT2D eigenvalue weighted by molar-refractivity contribution is 7.88. The fourth-order valence-electron chi connectivity index (χ4n) is 2.37. The Balaban J connectivity index is 2.11. The number of anilines is 1. The van der Waals surface area contributed by atoms with Gasteiger partial charge in [-0.25, -0.2) is 13.1 Å². The Bertz CT molecular complexity index is 516. The third-order valence-corrected chi connectivity index (χ3v) is 5.20. The third-order valence-electron chi connectivity index (χ3n) is 3.76. The molecule has 4 nitrogen and oxygen atoms in total. The van der Waals surface area contributed by atoms with Crippen molar-refractivity contribution in [3.63, 3.8) is 0 Å². The average Bonchev–Trinajstić information content (AvgIpc) is 2.27. The highest BCUT2D eigenvalue weighted by atomic mass is 32.2. The molecule has 0 aliphatic heterocycles. The van der Waals surface area contributed by atoms with Gasteiger partial charge in [-0.15, -0.1) is 0 Å². The van der Waals surface area contributed by atoms with E-state index in [0.29, 0.717) is 11.3 Å². The van der Waals surface area contributed by atoms with Crippen molar-refractivity contribution in [2.45, 2.75) is 43.9 Å². The molecule has 0 radical (unpaired) electrons. The molecule has 0 spiro atoms. The molecule has 0 saturated heterocycles. The third kappa shape index (κ3) is 2.84. The number of hydrogen-bond acceptors (Lipinski definition) is 3. The molecule has 2 rings (SSSR count). The molecule has 0 aromatic heterocycles. The Kier molecular flexibility index (Phi) is 3.64. The fraction of sp³-hybridized carbons (Fsp3) is 0.538. The van der Waals surface area contributed by atoms with E-state index in [0.717, 1.165) is 25.7 Å². The lowest BCUT2D eigenvalue weighted by Crippen LogP contribution is -2.53. The Morgan fingerprint density at radius 3 is 2.50 bits per heavy atom. The van der Waals surface area contributed by atoms with E-state index in [2.05, 4.69) is 4.72 Å². The number of benzene rings is 1. The van der Waals surface area contributed by atoms with E-state index in [4.69, 9.17) is 5.73 Å². The Morgan fingerprint density at radius 1 is 1.33 bits per heavy atom. The maximum atomic E-state index is 12.2. The average molecular weight is 268 g/mol. The molecule has 1 aromatic carbocycles. The summed E-state index contributed by atoms with van der Waals surface area (Å²) < 4.78 is 27.2. The van der Waals surface area contributed by atoms with Gasteiger partial charge in [-0.2, -0.15) is 0 Å². The first-order chi connectivity index (χ1) is 8.46. The first kappa shape index (κ1) is 13.4. The van der Waals surface area contributed by atoms with Gasteiger partial charge >= 0.3 is 0 Å². The monoisotopic (exact) mass is 268 g/mol. The van der Waals surface area contributed by atoms with Gasteiger partial charge < -0.3 is 5.73 Å². The van der Waals surface area contributed by atoms with Crippen molar-refractivity contribution in [3.8, 4) is 0 Å². The van der Waals surface area contributed by atoms with Crippen LogP contribution in [0.3, 0.4) is 0 Å². The Hall–Kier alpha value is -1.07. The summed E-state index contributed by atoms with van der Waals surface area (Å²) in [6, 6.07) is 7.09. The maximum Gasteiger partial charge on any atom is 0.216 e. The van der Waals surface area contributed by atoms with E-state index in [1.165, 1.54) is 0 Å². The molecule has 100 valence electrons. The molecule has 0 unspecified atom stereocenters. The molecule has 0 amide bonds. The molecule has 0 bridgehead atoms. The molecule has 0 heterocycles. The van der Waals surface area contributed by atoms with Crippen LogP contribution in [0.2, 0.25) is 0 Å². The number of nitrogens with two attached hydrogens (primary N) is 1. The Labute approximate surface area is 109 Å². The first-order valence-electron chi connectivity index (χ1n) is 6.31. The second-order valence-corrected chi connectivity index (χ2v) is 6.77. The van der Waals surface area contributed by atoms with Gasteiger partial charge in [0.1, 0.15) is 0 Å². The van der Waals surface area contributed by atoms with Crippen LogP contribution in [0.5, 0.6) is 0 Å². The second kappa shape index (κ2) is 4.90. The lowest BCUT2D eigenvalue weighted by molar-refractivity contribution is 0.213. The number of rotatable bonds is 5. The number of hydrogen-bond donors (Lipinski definition) is 2. The van der Waals surface area contributed by atoms with E-state index in [9.17, 15) is 8.42 Å². The van der Waals surface area contributed by atoms with Crippen molar-refractivity contribution in [1.29, 1.82) is 0 Å². The quantitative estimate of drug-likeness (QED) is 0.802. The van der Waals surface area contributed by atoms with Gasteiger partial charge in [0.25, 0.3) is 0 Å². The summed E-state index contributed by atoms with van der Waals surface area (Å²) in [7, 11) is -3.32. The summed E-state index contributed by atoms with van der Waals surface area (Å²) in [5, 5.41) is 0. The summed E-state index contributed by atoms with van der Waals surface area (Å²) in [5.41, 5.74) is 6.76. The molecule has 1 saturated carbocycles. The largest absolute Gasteiger partial charge is 0.398 e. The zero-order chi connectivity index (χ0) is 13.2. The maximum absolute atomic E-state index is 12.2. The van der Waals surface area contributed by atoms with Gasteiger partial charge in [0.15, 0.2) is 0 Å². The van der Waals surface area contributed by atoms with Gasteiger partial charge in [0, 0.05) is 11.2 Å². The number of nitrogens with one attached hydrogen (secondary N) is 1. The topological polar surface area (TPSA) is 72.2 Å². The van der Waals surface area contributed by atoms with Crippen molar-refractivity contribution in [2.24, 2.45) is 0 Å². The summed E-state index contributed by atoms with van der Waals surface area (Å²) in [6.45, 7) is 2.03. The minimum atomic E-state index is -3.32. The van der Waals surface area contributed by atoms with Gasteiger partial charge in [0.2, 0.25) is 10.0 Å². The van der Waals surface area contributed by atoms with E-state index < -0.39 is 10.0 Å². The van der Waals surface area contributed by atoms with Crippen molar-refractivity contribution in [1.82, 2.24) is 4.72 Å². The van der Waals surface area contributed by atoms with Crippen molar-refractivity contribution in [3.05, 3.63) is 29.8 Å². The van der Waals surface area contributed by atoms with E-state index in [-0.39, 0.29) is 11.3 Å². The van der Waals surface area contributed by atoms with Crippen molar-refractivity contribution in [2.75, 3.05) is 5.73 Å². The number of para-hydroxylation sites is 1. The molecular weight excluding hydrogens is 248 g/mol. The normalized spacial score (nSPS) is 18.3.